The van der Waals surface area contributed by atoms with E-state index in [-0.39, 0.29) is 17.9 Å². The Labute approximate surface area is 182 Å². The standard InChI is InChI=1S/C23H19ClN2O3S/c1-29-20(27)8-5-13-26-21(16-9-11-17(24)12-10-16)25-22-18(23(26)28)14-19(30-22)15-6-3-2-4-7-15/h2-4,6-7,9-12,14H,5,8,13H2,1H3. The number of aromatic nitrogens is 2. The third-order valence-electron chi connectivity index (χ3n) is 4.80. The Morgan fingerprint density at radius 1 is 1.10 bits per heavy atom. The number of carbonyl (C=O) groups is 1. The molecule has 0 bridgehead atoms. The van der Waals surface area contributed by atoms with E-state index in [1.807, 2.05) is 48.5 Å². The van der Waals surface area contributed by atoms with Gasteiger partial charge in [0, 0.05) is 28.4 Å². The van der Waals surface area contributed by atoms with E-state index in [1.165, 1.54) is 18.4 Å². The number of rotatable bonds is 6. The fraction of sp³-hybridized carbons (Fsp3) is 0.174. The van der Waals surface area contributed by atoms with Crippen LogP contribution < -0.4 is 5.56 Å². The first-order chi connectivity index (χ1) is 14.6. The van der Waals surface area contributed by atoms with Gasteiger partial charge >= 0.3 is 5.97 Å². The summed E-state index contributed by atoms with van der Waals surface area (Å²) in [5.74, 6) is 0.266. The molecule has 0 fully saturated rings. The van der Waals surface area contributed by atoms with Crippen molar-refractivity contribution in [3.8, 4) is 21.8 Å². The van der Waals surface area contributed by atoms with Gasteiger partial charge in [-0.15, -0.1) is 11.3 Å². The van der Waals surface area contributed by atoms with Crippen LogP contribution in [0.1, 0.15) is 12.8 Å². The van der Waals surface area contributed by atoms with Crippen LogP contribution in [0.15, 0.2) is 65.5 Å². The monoisotopic (exact) mass is 438 g/mol. The number of fused-ring (bicyclic) bond motifs is 1. The number of carbonyl (C=O) groups excluding carboxylic acids is 1. The van der Waals surface area contributed by atoms with Gasteiger partial charge in [-0.25, -0.2) is 4.98 Å². The molecular formula is C23H19ClN2O3S. The van der Waals surface area contributed by atoms with Gasteiger partial charge in [0.05, 0.1) is 12.5 Å². The number of ether oxygens (including phenoxy) is 1. The van der Waals surface area contributed by atoms with E-state index in [2.05, 4.69) is 0 Å². The summed E-state index contributed by atoms with van der Waals surface area (Å²) in [6.45, 7) is 0.366. The molecule has 0 aliphatic carbocycles. The zero-order chi connectivity index (χ0) is 21.1. The summed E-state index contributed by atoms with van der Waals surface area (Å²) in [6.07, 6.45) is 0.718. The Bertz CT molecular complexity index is 1250. The summed E-state index contributed by atoms with van der Waals surface area (Å²) in [6, 6.07) is 19.1. The molecule has 0 spiro atoms. The highest BCUT2D eigenvalue weighted by molar-refractivity contribution is 7.21. The molecule has 0 radical (unpaired) electrons. The largest absolute Gasteiger partial charge is 0.469 e. The number of thiophene rings is 1. The van der Waals surface area contributed by atoms with E-state index in [9.17, 15) is 9.59 Å². The molecular weight excluding hydrogens is 420 g/mol. The lowest BCUT2D eigenvalue weighted by atomic mass is 10.1. The lowest BCUT2D eigenvalue weighted by Gasteiger charge is -2.12. The number of nitrogens with zero attached hydrogens (tertiary/aromatic N) is 2. The highest BCUT2D eigenvalue weighted by Gasteiger charge is 2.16. The van der Waals surface area contributed by atoms with E-state index in [1.54, 1.807) is 16.7 Å². The Morgan fingerprint density at radius 2 is 1.83 bits per heavy atom. The second kappa shape index (κ2) is 8.81. The van der Waals surface area contributed by atoms with Gasteiger partial charge in [0.25, 0.3) is 5.56 Å². The van der Waals surface area contributed by atoms with Crippen molar-refractivity contribution in [1.82, 2.24) is 9.55 Å². The van der Waals surface area contributed by atoms with Crippen LogP contribution >= 0.6 is 22.9 Å². The van der Waals surface area contributed by atoms with E-state index in [0.717, 1.165) is 16.0 Å². The zero-order valence-electron chi connectivity index (χ0n) is 16.3. The second-order valence-electron chi connectivity index (χ2n) is 6.77. The normalized spacial score (nSPS) is 11.0. The predicted molar refractivity (Wildman–Crippen MR) is 121 cm³/mol. The molecule has 0 aliphatic heterocycles. The van der Waals surface area contributed by atoms with Gasteiger partial charge in [-0.1, -0.05) is 41.9 Å². The molecule has 2 aromatic heterocycles. The van der Waals surface area contributed by atoms with Gasteiger partial charge in [0.15, 0.2) is 0 Å². The van der Waals surface area contributed by atoms with E-state index in [4.69, 9.17) is 21.3 Å². The average molecular weight is 439 g/mol. The first-order valence-corrected chi connectivity index (χ1v) is 10.7. The minimum absolute atomic E-state index is 0.117. The Hall–Kier alpha value is -2.96. The number of halogens is 1. The molecule has 0 N–H and O–H groups in total. The maximum Gasteiger partial charge on any atom is 0.305 e. The lowest BCUT2D eigenvalue weighted by Crippen LogP contribution is -2.23. The molecule has 7 heteroatoms. The Morgan fingerprint density at radius 3 is 2.53 bits per heavy atom. The van der Waals surface area contributed by atoms with Crippen molar-refractivity contribution in [3.05, 3.63) is 76.0 Å². The zero-order valence-corrected chi connectivity index (χ0v) is 17.9. The average Bonchev–Trinajstić information content (AvgIpc) is 3.21. The summed E-state index contributed by atoms with van der Waals surface area (Å²) in [5.41, 5.74) is 1.73. The quantitative estimate of drug-likeness (QED) is 0.378. The van der Waals surface area contributed by atoms with E-state index < -0.39 is 0 Å². The first-order valence-electron chi connectivity index (χ1n) is 9.49. The molecule has 0 unspecified atom stereocenters. The molecule has 4 rings (SSSR count). The molecule has 0 saturated carbocycles. The Balaban J connectivity index is 1.83. The maximum absolute atomic E-state index is 13.4. The van der Waals surface area contributed by atoms with E-state index >= 15 is 0 Å². The van der Waals surface area contributed by atoms with Gasteiger partial charge in [0.1, 0.15) is 10.7 Å². The molecule has 152 valence electrons. The summed E-state index contributed by atoms with van der Waals surface area (Å²) in [4.78, 5) is 31.4. The minimum Gasteiger partial charge on any atom is -0.469 e. The lowest BCUT2D eigenvalue weighted by molar-refractivity contribution is -0.140. The Kier molecular flexibility index (Phi) is 5.97. The van der Waals surface area contributed by atoms with Crippen LogP contribution in [0.2, 0.25) is 5.02 Å². The van der Waals surface area contributed by atoms with Crippen LogP contribution in [-0.2, 0) is 16.1 Å². The molecule has 2 heterocycles. The molecule has 0 atom stereocenters. The summed E-state index contributed by atoms with van der Waals surface area (Å²) in [7, 11) is 1.36. The van der Waals surface area contributed by atoms with Crippen LogP contribution in [0.4, 0.5) is 0 Å². The smallest absolute Gasteiger partial charge is 0.305 e. The van der Waals surface area contributed by atoms with Crippen LogP contribution in [-0.4, -0.2) is 22.6 Å². The van der Waals surface area contributed by atoms with Gasteiger partial charge in [-0.05, 0) is 42.3 Å². The SMILES string of the molecule is COC(=O)CCCn1c(-c2ccc(Cl)cc2)nc2sc(-c3ccccc3)cc2c1=O. The van der Waals surface area contributed by atoms with Gasteiger partial charge in [0.2, 0.25) is 0 Å². The fourth-order valence-corrected chi connectivity index (χ4v) is 4.42. The van der Waals surface area contributed by atoms with Gasteiger partial charge < -0.3 is 4.74 Å². The van der Waals surface area contributed by atoms with E-state index in [0.29, 0.717) is 34.0 Å². The molecule has 0 amide bonds. The summed E-state index contributed by atoms with van der Waals surface area (Å²) >= 11 is 7.53. The van der Waals surface area contributed by atoms with Crippen LogP contribution in [0.25, 0.3) is 32.0 Å². The molecule has 4 aromatic rings. The number of hydrogen-bond acceptors (Lipinski definition) is 5. The third kappa shape index (κ3) is 4.15. The van der Waals surface area contributed by atoms with Crippen molar-refractivity contribution in [2.45, 2.75) is 19.4 Å². The predicted octanol–water partition coefficient (Wildman–Crippen LogP) is 5.40. The number of hydrogen-bond donors (Lipinski definition) is 0. The third-order valence-corrected chi connectivity index (χ3v) is 6.13. The van der Waals surface area contributed by atoms with Crippen LogP contribution in [0.5, 0.6) is 0 Å². The van der Waals surface area contributed by atoms with Crippen molar-refractivity contribution >= 4 is 39.1 Å². The van der Waals surface area contributed by atoms with Crippen molar-refractivity contribution in [2.75, 3.05) is 7.11 Å². The minimum atomic E-state index is -0.299. The molecule has 2 aromatic carbocycles. The van der Waals surface area contributed by atoms with Crippen LogP contribution in [0, 0.1) is 0 Å². The first kappa shape index (κ1) is 20.3. The summed E-state index contributed by atoms with van der Waals surface area (Å²) in [5, 5.41) is 1.19. The molecule has 0 saturated heterocycles. The highest BCUT2D eigenvalue weighted by Crippen LogP contribution is 2.32. The van der Waals surface area contributed by atoms with Crippen molar-refractivity contribution in [2.24, 2.45) is 0 Å². The van der Waals surface area contributed by atoms with Gasteiger partial charge in [-0.2, -0.15) is 0 Å². The molecule has 30 heavy (non-hydrogen) atoms. The maximum atomic E-state index is 13.4. The molecule has 0 aliphatic rings. The number of benzene rings is 2. The highest BCUT2D eigenvalue weighted by atomic mass is 35.5. The van der Waals surface area contributed by atoms with Crippen LogP contribution in [0.3, 0.4) is 0 Å². The van der Waals surface area contributed by atoms with Crippen molar-refractivity contribution < 1.29 is 9.53 Å². The fourth-order valence-electron chi connectivity index (χ4n) is 3.27. The van der Waals surface area contributed by atoms with Crippen molar-refractivity contribution in [3.63, 3.8) is 0 Å². The number of esters is 1. The summed E-state index contributed by atoms with van der Waals surface area (Å²) < 4.78 is 6.35. The van der Waals surface area contributed by atoms with Gasteiger partial charge in [-0.3, -0.25) is 14.2 Å². The topological polar surface area (TPSA) is 61.2 Å². The van der Waals surface area contributed by atoms with Crippen molar-refractivity contribution in [1.29, 1.82) is 0 Å². The second-order valence-corrected chi connectivity index (χ2v) is 8.24. The molecule has 5 nitrogen and oxygen atoms in total. The number of methoxy groups -OCH3 is 1.